The van der Waals surface area contributed by atoms with Gasteiger partial charge in [-0.05, 0) is 18.6 Å². The fourth-order valence-corrected chi connectivity index (χ4v) is 1.58. The van der Waals surface area contributed by atoms with Crippen molar-refractivity contribution in [1.29, 1.82) is 0 Å². The van der Waals surface area contributed by atoms with Gasteiger partial charge in [0.05, 0.1) is 26.4 Å². The van der Waals surface area contributed by atoms with Crippen molar-refractivity contribution in [3.63, 3.8) is 0 Å². The highest BCUT2D eigenvalue weighted by Crippen LogP contribution is 2.31. The number of nitrogen functional groups attached to an aromatic ring is 1. The van der Waals surface area contributed by atoms with Gasteiger partial charge in [-0.3, -0.25) is 0 Å². The quantitative estimate of drug-likeness (QED) is 0.499. The highest BCUT2D eigenvalue weighted by molar-refractivity contribution is 5.62. The molecule has 0 amide bonds. The predicted octanol–water partition coefficient (Wildman–Crippen LogP) is 2.49. The lowest BCUT2D eigenvalue weighted by Crippen LogP contribution is -2.08. The summed E-state index contributed by atoms with van der Waals surface area (Å²) in [4.78, 5) is 0. The van der Waals surface area contributed by atoms with Gasteiger partial charge in [0.25, 0.3) is 0 Å². The van der Waals surface area contributed by atoms with Gasteiger partial charge in [0, 0.05) is 20.1 Å². The van der Waals surface area contributed by atoms with Crippen LogP contribution in [-0.2, 0) is 9.47 Å². The average Bonchev–Trinajstić information content (AvgIpc) is 2.46. The molecule has 0 fully saturated rings. The molecule has 1 aromatic rings. The Labute approximate surface area is 121 Å². The molecule has 5 heteroatoms. The Hall–Kier alpha value is -1.46. The van der Waals surface area contributed by atoms with E-state index in [2.05, 4.69) is 6.92 Å². The molecule has 0 bridgehead atoms. The molecule has 0 radical (unpaired) electrons. The zero-order valence-corrected chi connectivity index (χ0v) is 12.4. The molecule has 2 N–H and O–H groups in total. The minimum absolute atomic E-state index is 0.557. The first-order valence-electron chi connectivity index (χ1n) is 7.00. The molecule has 20 heavy (non-hydrogen) atoms. The van der Waals surface area contributed by atoms with Crippen LogP contribution in [0.1, 0.15) is 19.8 Å². The van der Waals surface area contributed by atoms with Gasteiger partial charge in [-0.15, -0.1) is 0 Å². The van der Waals surface area contributed by atoms with Crippen molar-refractivity contribution < 1.29 is 18.9 Å². The maximum Gasteiger partial charge on any atom is 0.146 e. The first kappa shape index (κ1) is 16.6. The Bertz CT molecular complexity index is 371. The maximum atomic E-state index is 6.01. The SMILES string of the molecule is CCCOc1cccc(OCCCOCCOC)c1N. The molecular weight excluding hydrogens is 258 g/mol. The van der Waals surface area contributed by atoms with Crippen LogP contribution >= 0.6 is 0 Å². The van der Waals surface area contributed by atoms with Crippen LogP contribution in [0.2, 0.25) is 0 Å². The van der Waals surface area contributed by atoms with Gasteiger partial charge in [0.15, 0.2) is 0 Å². The molecule has 5 nitrogen and oxygen atoms in total. The van der Waals surface area contributed by atoms with Crippen molar-refractivity contribution >= 4 is 5.69 Å². The minimum Gasteiger partial charge on any atom is -0.491 e. The second kappa shape index (κ2) is 10.3. The van der Waals surface area contributed by atoms with Crippen LogP contribution in [0.4, 0.5) is 5.69 Å². The summed E-state index contributed by atoms with van der Waals surface area (Å²) in [6.07, 6.45) is 1.76. The lowest BCUT2D eigenvalue weighted by Gasteiger charge is -2.13. The molecular formula is C15H25NO4. The third-order valence-electron chi connectivity index (χ3n) is 2.61. The molecule has 0 heterocycles. The number of benzene rings is 1. The lowest BCUT2D eigenvalue weighted by molar-refractivity contribution is 0.0644. The Morgan fingerprint density at radius 2 is 1.65 bits per heavy atom. The van der Waals surface area contributed by atoms with Crippen molar-refractivity contribution in [3.8, 4) is 11.5 Å². The van der Waals surface area contributed by atoms with E-state index in [4.69, 9.17) is 24.7 Å². The number of nitrogens with two attached hydrogens (primary N) is 1. The summed E-state index contributed by atoms with van der Waals surface area (Å²) < 4.78 is 21.5. The summed E-state index contributed by atoms with van der Waals surface area (Å²) in [6.45, 7) is 5.15. The molecule has 114 valence electrons. The van der Waals surface area contributed by atoms with E-state index < -0.39 is 0 Å². The van der Waals surface area contributed by atoms with Gasteiger partial charge in [-0.2, -0.15) is 0 Å². The number of rotatable bonds is 11. The van der Waals surface area contributed by atoms with E-state index in [-0.39, 0.29) is 0 Å². The zero-order valence-electron chi connectivity index (χ0n) is 12.4. The van der Waals surface area contributed by atoms with E-state index in [0.29, 0.717) is 50.2 Å². The van der Waals surface area contributed by atoms with Gasteiger partial charge in [0.2, 0.25) is 0 Å². The van der Waals surface area contributed by atoms with E-state index >= 15 is 0 Å². The van der Waals surface area contributed by atoms with Crippen molar-refractivity contribution in [2.45, 2.75) is 19.8 Å². The highest BCUT2D eigenvalue weighted by atomic mass is 16.5. The van der Waals surface area contributed by atoms with Gasteiger partial charge < -0.3 is 24.7 Å². The third kappa shape index (κ3) is 6.12. The fourth-order valence-electron chi connectivity index (χ4n) is 1.58. The summed E-state index contributed by atoms with van der Waals surface area (Å²) in [6, 6.07) is 5.58. The molecule has 0 unspecified atom stereocenters. The first-order chi connectivity index (χ1) is 9.79. The summed E-state index contributed by atoms with van der Waals surface area (Å²) >= 11 is 0. The van der Waals surface area contributed by atoms with Crippen molar-refractivity contribution in [2.24, 2.45) is 0 Å². The number of anilines is 1. The summed E-state index contributed by atoms with van der Waals surface area (Å²) in [5, 5.41) is 0. The van der Waals surface area contributed by atoms with Crippen LogP contribution < -0.4 is 15.2 Å². The summed E-state index contributed by atoms with van der Waals surface area (Å²) in [5.74, 6) is 1.34. The second-order valence-corrected chi connectivity index (χ2v) is 4.32. The van der Waals surface area contributed by atoms with Crippen LogP contribution in [0, 0.1) is 0 Å². The van der Waals surface area contributed by atoms with E-state index in [1.165, 1.54) is 0 Å². The largest absolute Gasteiger partial charge is 0.491 e. The zero-order chi connectivity index (χ0) is 14.6. The number of ether oxygens (including phenoxy) is 4. The van der Waals surface area contributed by atoms with E-state index in [1.54, 1.807) is 7.11 Å². The Kier molecular flexibility index (Phi) is 8.58. The summed E-state index contributed by atoms with van der Waals surface area (Å²) in [5.41, 5.74) is 6.56. The Morgan fingerprint density at radius 3 is 2.30 bits per heavy atom. The molecule has 0 aromatic heterocycles. The Morgan fingerprint density at radius 1 is 0.950 bits per heavy atom. The fraction of sp³-hybridized carbons (Fsp3) is 0.600. The number of hydrogen-bond acceptors (Lipinski definition) is 5. The number of hydrogen-bond donors (Lipinski definition) is 1. The molecule has 0 aliphatic heterocycles. The first-order valence-corrected chi connectivity index (χ1v) is 7.00. The molecule has 0 saturated carbocycles. The van der Waals surface area contributed by atoms with Crippen LogP contribution in [0.3, 0.4) is 0 Å². The molecule has 0 atom stereocenters. The topological polar surface area (TPSA) is 62.9 Å². The van der Waals surface area contributed by atoms with E-state index in [1.807, 2.05) is 18.2 Å². The molecule has 0 aliphatic carbocycles. The van der Waals surface area contributed by atoms with Gasteiger partial charge in [-0.1, -0.05) is 13.0 Å². The normalized spacial score (nSPS) is 10.5. The molecule has 0 aliphatic rings. The van der Waals surface area contributed by atoms with Crippen LogP contribution in [0.25, 0.3) is 0 Å². The van der Waals surface area contributed by atoms with Gasteiger partial charge in [-0.25, -0.2) is 0 Å². The Balaban J connectivity index is 2.29. The van der Waals surface area contributed by atoms with E-state index in [9.17, 15) is 0 Å². The number of methoxy groups -OCH3 is 1. The van der Waals surface area contributed by atoms with E-state index in [0.717, 1.165) is 12.8 Å². The standard InChI is InChI=1S/C15H25NO4/c1-3-8-19-13-6-4-7-14(15(13)16)20-10-5-9-18-12-11-17-2/h4,6-7H,3,5,8-12,16H2,1-2H3. The van der Waals surface area contributed by atoms with Crippen LogP contribution in [0.15, 0.2) is 18.2 Å². The summed E-state index contributed by atoms with van der Waals surface area (Å²) in [7, 11) is 1.66. The molecule has 1 aromatic carbocycles. The molecule has 0 spiro atoms. The van der Waals surface area contributed by atoms with Crippen LogP contribution in [-0.4, -0.2) is 40.1 Å². The third-order valence-corrected chi connectivity index (χ3v) is 2.61. The van der Waals surface area contributed by atoms with Crippen molar-refractivity contribution in [3.05, 3.63) is 18.2 Å². The minimum atomic E-state index is 0.557. The smallest absolute Gasteiger partial charge is 0.146 e. The van der Waals surface area contributed by atoms with Crippen molar-refractivity contribution in [2.75, 3.05) is 45.9 Å². The second-order valence-electron chi connectivity index (χ2n) is 4.32. The molecule has 1 rings (SSSR count). The average molecular weight is 283 g/mol. The van der Waals surface area contributed by atoms with Gasteiger partial charge in [0.1, 0.15) is 17.2 Å². The monoisotopic (exact) mass is 283 g/mol. The maximum absolute atomic E-state index is 6.01. The predicted molar refractivity (Wildman–Crippen MR) is 79.4 cm³/mol. The van der Waals surface area contributed by atoms with Crippen molar-refractivity contribution in [1.82, 2.24) is 0 Å². The van der Waals surface area contributed by atoms with Crippen LogP contribution in [0.5, 0.6) is 11.5 Å². The lowest BCUT2D eigenvalue weighted by atomic mass is 10.2. The van der Waals surface area contributed by atoms with Gasteiger partial charge >= 0.3 is 0 Å². The number of para-hydroxylation sites is 1. The molecule has 0 saturated heterocycles. The highest BCUT2D eigenvalue weighted by Gasteiger charge is 2.06.